The summed E-state index contributed by atoms with van der Waals surface area (Å²) in [5.74, 6) is -1.81. The van der Waals surface area contributed by atoms with Crippen LogP contribution in [0.2, 0.25) is 0 Å². The first-order valence-electron chi connectivity index (χ1n) is 10.3. The van der Waals surface area contributed by atoms with Crippen LogP contribution in [-0.2, 0) is 11.3 Å². The van der Waals surface area contributed by atoms with E-state index in [9.17, 15) is 13.2 Å². The maximum Gasteiger partial charge on any atom is 0.430 e. The van der Waals surface area contributed by atoms with Crippen molar-refractivity contribution in [3.05, 3.63) is 84.8 Å². The van der Waals surface area contributed by atoms with Gasteiger partial charge in [-0.1, -0.05) is 30.3 Å². The minimum Gasteiger partial charge on any atom is -0.542 e. The van der Waals surface area contributed by atoms with Gasteiger partial charge in [0.05, 0.1) is 5.56 Å². The van der Waals surface area contributed by atoms with Crippen LogP contribution >= 0.6 is 0 Å². The number of pyridine rings is 2. The number of carbonyl (C=O) groups excluding carboxylic acids is 1. The molecule has 4 N–H and O–H groups in total. The molecule has 5 aromatic rings. The van der Waals surface area contributed by atoms with E-state index in [0.717, 1.165) is 50.9 Å². The van der Waals surface area contributed by atoms with Gasteiger partial charge in [0.15, 0.2) is 18.9 Å². The summed E-state index contributed by atoms with van der Waals surface area (Å²) in [5, 5.41) is 11.9. The Bertz CT molecular complexity index is 1480. The quantitative estimate of drug-likeness (QED) is 0.382. The van der Waals surface area contributed by atoms with E-state index < -0.39 is 12.1 Å². The van der Waals surface area contributed by atoms with E-state index in [1.165, 1.54) is 0 Å². The summed E-state index contributed by atoms with van der Waals surface area (Å²) in [6, 6.07) is 20.1. The molecule has 35 heavy (non-hydrogen) atoms. The zero-order valence-corrected chi connectivity index (χ0v) is 18.1. The number of carboxylic acid groups (broad SMARTS) is 1. The van der Waals surface area contributed by atoms with Crippen LogP contribution in [0.15, 0.2) is 83.7 Å². The van der Waals surface area contributed by atoms with Gasteiger partial charge in [0.25, 0.3) is 0 Å². The molecule has 0 unspecified atom stereocenters. The summed E-state index contributed by atoms with van der Waals surface area (Å²) >= 11 is 0. The fourth-order valence-corrected chi connectivity index (χ4v) is 3.52. The van der Waals surface area contributed by atoms with Crippen LogP contribution in [0.3, 0.4) is 0 Å². The number of hydrogen-bond acceptors (Lipinski definition) is 6. The van der Waals surface area contributed by atoms with Crippen LogP contribution in [0.25, 0.3) is 33.1 Å². The molecule has 178 valence electrons. The van der Waals surface area contributed by atoms with Crippen molar-refractivity contribution in [2.75, 3.05) is 11.5 Å². The minimum atomic E-state index is -5.19. The monoisotopic (exact) mass is 480 g/mol. The molecule has 3 aromatic heterocycles. The molecule has 3 heterocycles. The highest BCUT2D eigenvalue weighted by Gasteiger charge is 2.28. The number of nitrogens with two attached hydrogens (primary N) is 2. The smallest absolute Gasteiger partial charge is 0.430 e. The van der Waals surface area contributed by atoms with E-state index in [4.69, 9.17) is 25.8 Å². The second-order valence-corrected chi connectivity index (χ2v) is 7.68. The number of anilines is 2. The molecule has 0 aliphatic carbocycles. The van der Waals surface area contributed by atoms with Gasteiger partial charge in [-0.15, -0.1) is 0 Å². The number of fused-ring (bicyclic) bond motifs is 2. The molecule has 7 nitrogen and oxygen atoms in total. The Morgan fingerprint density at radius 1 is 1.00 bits per heavy atom. The van der Waals surface area contributed by atoms with Crippen LogP contribution in [0, 0.1) is 0 Å². The highest BCUT2D eigenvalue weighted by atomic mass is 19.4. The molecule has 0 saturated heterocycles. The van der Waals surface area contributed by atoms with E-state index in [1.54, 1.807) is 6.20 Å². The molecule has 0 spiro atoms. The summed E-state index contributed by atoms with van der Waals surface area (Å²) in [7, 11) is 0. The minimum absolute atomic E-state index is 0.462. The van der Waals surface area contributed by atoms with Gasteiger partial charge in [0.1, 0.15) is 23.1 Å². The third-order valence-electron chi connectivity index (χ3n) is 5.17. The number of halogens is 3. The van der Waals surface area contributed by atoms with Crippen molar-refractivity contribution in [2.45, 2.75) is 12.7 Å². The van der Waals surface area contributed by atoms with Crippen molar-refractivity contribution in [3.63, 3.8) is 0 Å². The van der Waals surface area contributed by atoms with E-state index in [1.807, 2.05) is 54.9 Å². The van der Waals surface area contributed by atoms with Crippen LogP contribution in [-0.4, -0.2) is 17.1 Å². The Morgan fingerprint density at radius 3 is 2.34 bits per heavy atom. The van der Waals surface area contributed by atoms with Gasteiger partial charge in [0.2, 0.25) is 0 Å². The van der Waals surface area contributed by atoms with Gasteiger partial charge >= 0.3 is 6.18 Å². The highest BCUT2D eigenvalue weighted by Crippen LogP contribution is 2.36. The SMILES string of the molecule is Nc1cc[n+](Cc2ccc3cnc(N)c(-c4cc5ccccc5o4)c3c2)cc1.O=C([O-])C(F)(F)F. The summed E-state index contributed by atoms with van der Waals surface area (Å²) in [4.78, 5) is 13.2. The molecular formula is C25H19F3N4O3. The van der Waals surface area contributed by atoms with Gasteiger partial charge in [-0.2, -0.15) is 13.2 Å². The molecule has 5 rings (SSSR count). The number of carboxylic acids is 1. The third kappa shape index (κ3) is 5.32. The number of furan rings is 1. The van der Waals surface area contributed by atoms with Crippen LogP contribution < -0.4 is 21.1 Å². The van der Waals surface area contributed by atoms with Gasteiger partial charge in [-0.25, -0.2) is 9.55 Å². The Morgan fingerprint density at radius 2 is 1.69 bits per heavy atom. The van der Waals surface area contributed by atoms with Crippen molar-refractivity contribution < 1.29 is 32.1 Å². The van der Waals surface area contributed by atoms with Gasteiger partial charge in [0, 0.05) is 40.4 Å². The zero-order chi connectivity index (χ0) is 25.2. The highest BCUT2D eigenvalue weighted by molar-refractivity contribution is 6.01. The molecule has 0 aliphatic rings. The first-order valence-corrected chi connectivity index (χ1v) is 10.3. The summed E-state index contributed by atoms with van der Waals surface area (Å²) in [5.41, 5.74) is 15.6. The lowest BCUT2D eigenvalue weighted by molar-refractivity contribution is -0.688. The van der Waals surface area contributed by atoms with Crippen molar-refractivity contribution in [1.82, 2.24) is 4.98 Å². The van der Waals surface area contributed by atoms with Crippen molar-refractivity contribution in [2.24, 2.45) is 0 Å². The number of nitrogens with zero attached hydrogens (tertiary/aromatic N) is 2. The van der Waals surface area contributed by atoms with E-state index in [0.29, 0.717) is 5.82 Å². The number of rotatable bonds is 3. The predicted molar refractivity (Wildman–Crippen MR) is 123 cm³/mol. The number of para-hydroxylation sites is 1. The Hall–Kier alpha value is -4.60. The molecule has 0 saturated carbocycles. The second-order valence-electron chi connectivity index (χ2n) is 7.68. The topological polar surface area (TPSA) is 122 Å². The number of carbonyl (C=O) groups is 1. The number of nitrogen functional groups attached to an aromatic ring is 2. The standard InChI is InChI=1S/C23H18N4O.C2HF3O2/c24-18-7-9-27(10-8-18)14-15-5-6-17-13-26-23(25)22(19(17)11-15)21-12-16-3-1-2-4-20(16)28-21;3-2(4,5)1(6)7/h1-13,24H,14H2,(H2,25,26);(H,6,7). The van der Waals surface area contributed by atoms with Gasteiger partial charge in [-0.3, -0.25) is 0 Å². The van der Waals surface area contributed by atoms with Gasteiger partial charge < -0.3 is 25.8 Å². The zero-order valence-electron chi connectivity index (χ0n) is 18.1. The van der Waals surface area contributed by atoms with Crippen LogP contribution in [0.1, 0.15) is 5.56 Å². The molecule has 2 aromatic carbocycles. The Kier molecular flexibility index (Phi) is 6.28. The molecule has 0 bridgehead atoms. The fraction of sp³-hybridized carbons (Fsp3) is 0.0800. The second kappa shape index (κ2) is 9.34. The molecular weight excluding hydrogens is 461 g/mol. The van der Waals surface area contributed by atoms with Crippen LogP contribution in [0.4, 0.5) is 24.7 Å². The average molecular weight is 480 g/mol. The predicted octanol–water partition coefficient (Wildman–Crippen LogP) is 3.45. The number of hydrogen-bond donors (Lipinski definition) is 2. The largest absolute Gasteiger partial charge is 0.542 e. The third-order valence-corrected chi connectivity index (χ3v) is 5.17. The summed E-state index contributed by atoms with van der Waals surface area (Å²) < 4.78 is 39.7. The first kappa shape index (κ1) is 23.6. The number of alkyl halides is 3. The average Bonchev–Trinajstić information content (AvgIpc) is 3.24. The number of aromatic nitrogens is 2. The molecule has 0 fully saturated rings. The number of benzene rings is 2. The summed E-state index contributed by atoms with van der Waals surface area (Å²) in [6.45, 7) is 0.734. The lowest BCUT2D eigenvalue weighted by Gasteiger charge is -2.08. The van der Waals surface area contributed by atoms with Crippen LogP contribution in [0.5, 0.6) is 0 Å². The van der Waals surface area contributed by atoms with E-state index >= 15 is 0 Å². The van der Waals surface area contributed by atoms with Crippen molar-refractivity contribution in [3.8, 4) is 11.3 Å². The molecule has 0 amide bonds. The van der Waals surface area contributed by atoms with E-state index in [2.05, 4.69) is 27.8 Å². The van der Waals surface area contributed by atoms with Gasteiger partial charge in [-0.05, 0) is 23.6 Å². The maximum atomic E-state index is 10.5. The first-order chi connectivity index (χ1) is 16.6. The lowest BCUT2D eigenvalue weighted by atomic mass is 10.0. The number of aliphatic carboxylic acids is 1. The molecule has 10 heteroatoms. The van der Waals surface area contributed by atoms with E-state index in [-0.39, 0.29) is 0 Å². The normalized spacial score (nSPS) is 11.3. The molecule has 0 aliphatic heterocycles. The maximum absolute atomic E-state index is 10.5. The lowest BCUT2D eigenvalue weighted by Crippen LogP contribution is -2.37. The summed E-state index contributed by atoms with van der Waals surface area (Å²) in [6.07, 6.45) is 0.554. The fourth-order valence-electron chi connectivity index (χ4n) is 3.52. The molecule has 0 atom stereocenters. The Balaban J connectivity index is 0.000000364. The van der Waals surface area contributed by atoms with Crippen molar-refractivity contribution in [1.29, 1.82) is 0 Å². The van der Waals surface area contributed by atoms with Crippen molar-refractivity contribution >= 4 is 39.2 Å². The Labute approximate surface area is 197 Å². The molecule has 0 radical (unpaired) electrons.